The largest absolute Gasteiger partial charge is 0.494 e. The highest BCUT2D eigenvalue weighted by Crippen LogP contribution is 2.32. The molecule has 3 nitrogen and oxygen atoms in total. The van der Waals surface area contributed by atoms with Crippen LogP contribution in [0.2, 0.25) is 5.15 Å². The minimum absolute atomic E-state index is 0.190. The fraction of sp³-hybridized carbons (Fsp3) is 0.286. The molecular formula is C14H14ClFN2O. The van der Waals surface area contributed by atoms with Crippen LogP contribution in [0.1, 0.15) is 18.9 Å². The Balaban J connectivity index is 2.62. The maximum Gasteiger partial charge on any atom is 0.174 e. The molecule has 0 spiro atoms. The van der Waals surface area contributed by atoms with Gasteiger partial charge in [-0.2, -0.15) is 0 Å². The van der Waals surface area contributed by atoms with E-state index in [-0.39, 0.29) is 5.75 Å². The summed E-state index contributed by atoms with van der Waals surface area (Å²) in [6.07, 6.45) is 2.92. The van der Waals surface area contributed by atoms with Crippen molar-refractivity contribution < 1.29 is 9.13 Å². The molecule has 0 bridgehead atoms. The van der Waals surface area contributed by atoms with Crippen molar-refractivity contribution in [3.05, 3.63) is 41.1 Å². The van der Waals surface area contributed by atoms with Crippen LogP contribution in [-0.2, 0) is 6.42 Å². The van der Waals surface area contributed by atoms with Crippen LogP contribution in [0, 0.1) is 5.82 Å². The molecule has 0 amide bonds. The van der Waals surface area contributed by atoms with Crippen molar-refractivity contribution in [1.82, 2.24) is 9.97 Å². The zero-order chi connectivity index (χ0) is 13.8. The van der Waals surface area contributed by atoms with Crippen molar-refractivity contribution >= 4 is 11.6 Å². The molecular weight excluding hydrogens is 267 g/mol. The van der Waals surface area contributed by atoms with Crippen molar-refractivity contribution in [2.24, 2.45) is 0 Å². The molecule has 0 saturated heterocycles. The molecule has 0 N–H and O–H groups in total. The van der Waals surface area contributed by atoms with E-state index in [0.717, 1.165) is 12.0 Å². The van der Waals surface area contributed by atoms with Crippen molar-refractivity contribution in [3.8, 4) is 17.0 Å². The number of halogens is 2. The summed E-state index contributed by atoms with van der Waals surface area (Å²) in [7, 11) is 1.43. The van der Waals surface area contributed by atoms with Crippen LogP contribution in [0.15, 0.2) is 24.5 Å². The lowest BCUT2D eigenvalue weighted by molar-refractivity contribution is 0.387. The number of nitrogens with zero attached hydrogens (tertiary/aromatic N) is 2. The van der Waals surface area contributed by atoms with E-state index in [0.29, 0.717) is 22.8 Å². The molecule has 2 aromatic rings. The van der Waals surface area contributed by atoms with E-state index in [1.165, 1.54) is 13.4 Å². The summed E-state index contributed by atoms with van der Waals surface area (Å²) >= 11 is 6.08. The number of methoxy groups -OCH3 is 1. The van der Waals surface area contributed by atoms with Gasteiger partial charge in [0.1, 0.15) is 11.5 Å². The molecule has 0 saturated carbocycles. The number of ether oxygens (including phenoxy) is 1. The van der Waals surface area contributed by atoms with Gasteiger partial charge in [0.25, 0.3) is 0 Å². The first-order chi connectivity index (χ1) is 9.19. The van der Waals surface area contributed by atoms with Gasteiger partial charge in [0.05, 0.1) is 12.8 Å². The van der Waals surface area contributed by atoms with Gasteiger partial charge in [-0.3, -0.25) is 0 Å². The molecule has 0 aliphatic carbocycles. The number of rotatable bonds is 4. The van der Waals surface area contributed by atoms with Crippen LogP contribution in [0.25, 0.3) is 11.3 Å². The van der Waals surface area contributed by atoms with Crippen LogP contribution >= 0.6 is 11.6 Å². The predicted molar refractivity (Wildman–Crippen MR) is 73.0 cm³/mol. The highest BCUT2D eigenvalue weighted by molar-refractivity contribution is 6.30. The van der Waals surface area contributed by atoms with Gasteiger partial charge >= 0.3 is 0 Å². The third-order valence-electron chi connectivity index (χ3n) is 2.83. The molecule has 100 valence electrons. The molecule has 0 unspecified atom stereocenters. The van der Waals surface area contributed by atoms with Gasteiger partial charge < -0.3 is 4.74 Å². The lowest BCUT2D eigenvalue weighted by Gasteiger charge is -2.11. The summed E-state index contributed by atoms with van der Waals surface area (Å²) in [4.78, 5) is 8.13. The lowest BCUT2D eigenvalue weighted by Crippen LogP contribution is -1.99. The van der Waals surface area contributed by atoms with Gasteiger partial charge in [0.15, 0.2) is 11.6 Å². The van der Waals surface area contributed by atoms with Crippen LogP contribution < -0.4 is 4.74 Å². The Bertz CT molecular complexity index is 590. The normalized spacial score (nSPS) is 10.5. The molecule has 1 heterocycles. The van der Waals surface area contributed by atoms with Gasteiger partial charge in [-0.05, 0) is 18.6 Å². The third-order valence-corrected chi connectivity index (χ3v) is 3.16. The Morgan fingerprint density at radius 1 is 1.32 bits per heavy atom. The summed E-state index contributed by atoms with van der Waals surface area (Å²) in [5, 5.41) is 0.370. The van der Waals surface area contributed by atoms with E-state index < -0.39 is 5.82 Å². The predicted octanol–water partition coefficient (Wildman–Crippen LogP) is 3.90. The van der Waals surface area contributed by atoms with E-state index in [2.05, 4.69) is 9.97 Å². The summed E-state index contributed by atoms with van der Waals surface area (Å²) in [5.74, 6) is -0.244. The second-order valence-corrected chi connectivity index (χ2v) is 4.42. The monoisotopic (exact) mass is 280 g/mol. The van der Waals surface area contributed by atoms with Gasteiger partial charge in [-0.25, -0.2) is 14.4 Å². The fourth-order valence-electron chi connectivity index (χ4n) is 1.95. The summed E-state index contributed by atoms with van der Waals surface area (Å²) < 4.78 is 19.3. The summed E-state index contributed by atoms with van der Waals surface area (Å²) in [6.45, 7) is 2.02. The van der Waals surface area contributed by atoms with Gasteiger partial charge in [-0.15, -0.1) is 0 Å². The van der Waals surface area contributed by atoms with Gasteiger partial charge in [0, 0.05) is 11.1 Å². The lowest BCUT2D eigenvalue weighted by atomic mass is 10.0. The maximum absolute atomic E-state index is 14.3. The first-order valence-electron chi connectivity index (χ1n) is 6.01. The van der Waals surface area contributed by atoms with Crippen LogP contribution in [0.5, 0.6) is 5.75 Å². The molecule has 2 rings (SSSR count). The average Bonchev–Trinajstić information content (AvgIpc) is 2.42. The molecule has 0 aliphatic rings. The number of aromatic nitrogens is 2. The highest BCUT2D eigenvalue weighted by atomic mass is 35.5. The van der Waals surface area contributed by atoms with Crippen LogP contribution in [-0.4, -0.2) is 17.1 Å². The zero-order valence-corrected chi connectivity index (χ0v) is 11.5. The average molecular weight is 281 g/mol. The molecule has 0 fully saturated rings. The van der Waals surface area contributed by atoms with Crippen molar-refractivity contribution in [2.75, 3.05) is 7.11 Å². The van der Waals surface area contributed by atoms with E-state index in [1.807, 2.05) is 6.92 Å². The van der Waals surface area contributed by atoms with Gasteiger partial charge in [0.2, 0.25) is 0 Å². The SMILES string of the molecule is CCCc1c(Cl)ncnc1-c1cccc(OC)c1F. The first-order valence-corrected chi connectivity index (χ1v) is 6.39. The highest BCUT2D eigenvalue weighted by Gasteiger charge is 2.16. The van der Waals surface area contributed by atoms with Crippen molar-refractivity contribution in [1.29, 1.82) is 0 Å². The summed E-state index contributed by atoms with van der Waals surface area (Å²) in [5.41, 5.74) is 1.67. The Labute approximate surface area is 116 Å². The van der Waals surface area contributed by atoms with Gasteiger partial charge in [-0.1, -0.05) is 31.0 Å². The second kappa shape index (κ2) is 5.97. The number of hydrogen-bond acceptors (Lipinski definition) is 3. The van der Waals surface area contributed by atoms with Crippen LogP contribution in [0.4, 0.5) is 4.39 Å². The van der Waals surface area contributed by atoms with E-state index >= 15 is 0 Å². The van der Waals surface area contributed by atoms with E-state index in [9.17, 15) is 4.39 Å². The Kier molecular flexibility index (Phi) is 4.32. The minimum atomic E-state index is -0.433. The number of benzene rings is 1. The standard InChI is InChI=1S/C14H14ClFN2O/c1-3-5-10-13(17-8-18-14(10)15)9-6-4-7-11(19-2)12(9)16/h4,6-8H,3,5H2,1-2H3. The molecule has 5 heteroatoms. The molecule has 0 atom stereocenters. The molecule has 19 heavy (non-hydrogen) atoms. The fourth-order valence-corrected chi connectivity index (χ4v) is 2.17. The molecule has 1 aromatic carbocycles. The van der Waals surface area contributed by atoms with Crippen molar-refractivity contribution in [3.63, 3.8) is 0 Å². The van der Waals surface area contributed by atoms with E-state index in [1.54, 1.807) is 18.2 Å². The van der Waals surface area contributed by atoms with Crippen molar-refractivity contribution in [2.45, 2.75) is 19.8 Å². The zero-order valence-electron chi connectivity index (χ0n) is 10.8. The molecule has 1 aromatic heterocycles. The van der Waals surface area contributed by atoms with E-state index in [4.69, 9.17) is 16.3 Å². The first kappa shape index (κ1) is 13.7. The smallest absolute Gasteiger partial charge is 0.174 e. The maximum atomic E-state index is 14.3. The third kappa shape index (κ3) is 2.68. The Morgan fingerprint density at radius 2 is 2.11 bits per heavy atom. The summed E-state index contributed by atoms with van der Waals surface area (Å²) in [6, 6.07) is 4.96. The minimum Gasteiger partial charge on any atom is -0.494 e. The Morgan fingerprint density at radius 3 is 2.79 bits per heavy atom. The molecule has 0 radical (unpaired) electrons. The molecule has 0 aliphatic heterocycles. The second-order valence-electron chi connectivity index (χ2n) is 4.06. The number of hydrogen-bond donors (Lipinski definition) is 0. The topological polar surface area (TPSA) is 35.0 Å². The Hall–Kier alpha value is -1.68. The van der Waals surface area contributed by atoms with Crippen LogP contribution in [0.3, 0.4) is 0 Å². The quantitative estimate of drug-likeness (QED) is 0.797.